The number of anilines is 1. The minimum atomic E-state index is -0.710. The van der Waals surface area contributed by atoms with E-state index in [1.807, 2.05) is 36.4 Å². The molecule has 1 aliphatic rings. The number of hydrogen-bond acceptors (Lipinski definition) is 5. The number of aromatic amines is 1. The summed E-state index contributed by atoms with van der Waals surface area (Å²) in [6.45, 7) is 2.32. The number of nitrogens with zero attached hydrogens (tertiary/aromatic N) is 4. The molecule has 148 valence electrons. The second kappa shape index (κ2) is 8.66. The van der Waals surface area contributed by atoms with Crippen molar-refractivity contribution in [1.29, 1.82) is 0 Å². The lowest BCUT2D eigenvalue weighted by Crippen LogP contribution is -2.52. The van der Waals surface area contributed by atoms with Crippen molar-refractivity contribution < 1.29 is 9.59 Å². The van der Waals surface area contributed by atoms with Crippen molar-refractivity contribution in [3.05, 3.63) is 78.1 Å². The van der Waals surface area contributed by atoms with Gasteiger partial charge >= 0.3 is 11.8 Å². The fraction of sp³-hybridized carbons (Fsp3) is 0.238. The minimum Gasteiger partial charge on any atom is -0.332 e. The highest BCUT2D eigenvalue weighted by Crippen LogP contribution is 2.29. The predicted octanol–water partition coefficient (Wildman–Crippen LogP) is 1.68. The van der Waals surface area contributed by atoms with Gasteiger partial charge in [0.25, 0.3) is 0 Å². The summed E-state index contributed by atoms with van der Waals surface area (Å²) in [6.07, 6.45) is 1.27. The largest absolute Gasteiger partial charge is 0.332 e. The van der Waals surface area contributed by atoms with Gasteiger partial charge in [0, 0.05) is 26.2 Å². The number of carbonyl (C=O) groups is 2. The molecule has 0 saturated carbocycles. The van der Waals surface area contributed by atoms with Crippen molar-refractivity contribution >= 4 is 17.8 Å². The van der Waals surface area contributed by atoms with Crippen LogP contribution in [0.4, 0.5) is 5.95 Å². The van der Waals surface area contributed by atoms with Crippen LogP contribution >= 0.6 is 0 Å². The number of amides is 2. The van der Waals surface area contributed by atoms with Crippen LogP contribution in [0.15, 0.2) is 67.0 Å². The maximum Gasteiger partial charge on any atom is 0.316 e. The number of hydrogen-bond donors (Lipinski definition) is 2. The summed E-state index contributed by atoms with van der Waals surface area (Å²) in [4.78, 5) is 32.4. The van der Waals surface area contributed by atoms with Gasteiger partial charge < -0.3 is 4.90 Å². The zero-order valence-corrected chi connectivity index (χ0v) is 15.9. The van der Waals surface area contributed by atoms with Gasteiger partial charge in [0.1, 0.15) is 6.33 Å². The van der Waals surface area contributed by atoms with Crippen LogP contribution < -0.4 is 5.32 Å². The van der Waals surface area contributed by atoms with Crippen LogP contribution in [0.5, 0.6) is 0 Å². The van der Waals surface area contributed by atoms with E-state index in [4.69, 9.17) is 0 Å². The summed E-state index contributed by atoms with van der Waals surface area (Å²) in [5.41, 5.74) is 2.42. The zero-order valence-electron chi connectivity index (χ0n) is 15.9. The van der Waals surface area contributed by atoms with Crippen LogP contribution in [0.25, 0.3) is 0 Å². The van der Waals surface area contributed by atoms with Gasteiger partial charge in [-0.25, -0.2) is 5.10 Å². The average Bonchev–Trinajstić information content (AvgIpc) is 3.28. The molecule has 0 spiro atoms. The Balaban J connectivity index is 1.44. The molecule has 29 heavy (non-hydrogen) atoms. The number of H-pyrrole nitrogens is 1. The quantitative estimate of drug-likeness (QED) is 0.661. The van der Waals surface area contributed by atoms with E-state index in [2.05, 4.69) is 49.7 Å². The highest BCUT2D eigenvalue weighted by molar-refractivity contribution is 6.39. The monoisotopic (exact) mass is 390 g/mol. The van der Waals surface area contributed by atoms with E-state index in [1.54, 1.807) is 4.90 Å². The lowest BCUT2D eigenvalue weighted by Gasteiger charge is -2.39. The molecule has 0 aliphatic carbocycles. The van der Waals surface area contributed by atoms with Crippen molar-refractivity contribution in [3.8, 4) is 0 Å². The van der Waals surface area contributed by atoms with Crippen LogP contribution in [0.2, 0.25) is 0 Å². The second-order valence-electron chi connectivity index (χ2n) is 6.84. The lowest BCUT2D eigenvalue weighted by atomic mass is 9.96. The molecule has 4 rings (SSSR count). The number of nitrogens with one attached hydrogen (secondary N) is 2. The molecule has 1 fully saturated rings. The van der Waals surface area contributed by atoms with Crippen molar-refractivity contribution in [2.24, 2.45) is 0 Å². The predicted molar refractivity (Wildman–Crippen MR) is 108 cm³/mol. The molecule has 2 amide bonds. The molecule has 8 heteroatoms. The first-order valence-corrected chi connectivity index (χ1v) is 9.52. The normalized spacial score (nSPS) is 14.7. The highest BCUT2D eigenvalue weighted by Gasteiger charge is 2.30. The van der Waals surface area contributed by atoms with Crippen molar-refractivity contribution in [2.75, 3.05) is 31.5 Å². The molecule has 0 unspecified atom stereocenters. The second-order valence-corrected chi connectivity index (χ2v) is 6.84. The van der Waals surface area contributed by atoms with Crippen molar-refractivity contribution in [2.45, 2.75) is 6.04 Å². The van der Waals surface area contributed by atoms with Gasteiger partial charge in [-0.3, -0.25) is 19.8 Å². The van der Waals surface area contributed by atoms with E-state index >= 15 is 0 Å². The number of piperazine rings is 1. The van der Waals surface area contributed by atoms with Crippen LogP contribution in [0, 0.1) is 0 Å². The molecule has 2 aromatic carbocycles. The standard InChI is InChI=1S/C21H22N6O2/c28-19(24-21-22-15-23-25-21)20(29)27-13-11-26(12-14-27)18(16-7-3-1-4-8-16)17-9-5-2-6-10-17/h1-10,15,18H,11-14H2,(H2,22,23,24,25,28). The molecule has 2 heterocycles. The lowest BCUT2D eigenvalue weighted by molar-refractivity contribution is -0.144. The van der Waals surface area contributed by atoms with E-state index < -0.39 is 11.8 Å². The molecule has 1 aliphatic heterocycles. The number of rotatable bonds is 4. The van der Waals surface area contributed by atoms with Gasteiger partial charge in [-0.2, -0.15) is 10.1 Å². The molecule has 0 radical (unpaired) electrons. The van der Waals surface area contributed by atoms with E-state index in [-0.39, 0.29) is 12.0 Å². The maximum atomic E-state index is 12.5. The van der Waals surface area contributed by atoms with Gasteiger partial charge in [-0.05, 0) is 11.1 Å². The van der Waals surface area contributed by atoms with Crippen molar-refractivity contribution in [3.63, 3.8) is 0 Å². The maximum absolute atomic E-state index is 12.5. The summed E-state index contributed by atoms with van der Waals surface area (Å²) in [7, 11) is 0. The Morgan fingerprint density at radius 3 is 2.00 bits per heavy atom. The summed E-state index contributed by atoms with van der Waals surface area (Å²) in [5.74, 6) is -1.11. The molecule has 1 aromatic heterocycles. The fourth-order valence-electron chi connectivity index (χ4n) is 3.64. The molecule has 0 bridgehead atoms. The molecular formula is C21H22N6O2. The molecular weight excluding hydrogens is 368 g/mol. The molecule has 2 N–H and O–H groups in total. The fourth-order valence-corrected chi connectivity index (χ4v) is 3.64. The van der Waals surface area contributed by atoms with E-state index in [0.717, 1.165) is 0 Å². The average molecular weight is 390 g/mol. The van der Waals surface area contributed by atoms with Crippen molar-refractivity contribution in [1.82, 2.24) is 25.0 Å². The summed E-state index contributed by atoms with van der Waals surface area (Å²) < 4.78 is 0. The molecule has 3 aromatic rings. The third kappa shape index (κ3) is 4.33. The van der Waals surface area contributed by atoms with Crippen LogP contribution in [-0.2, 0) is 9.59 Å². The summed E-state index contributed by atoms with van der Waals surface area (Å²) in [6, 6.07) is 20.8. The smallest absolute Gasteiger partial charge is 0.316 e. The van der Waals surface area contributed by atoms with Gasteiger partial charge in [0.15, 0.2) is 0 Å². The van der Waals surface area contributed by atoms with Crippen LogP contribution in [0.3, 0.4) is 0 Å². The summed E-state index contributed by atoms with van der Waals surface area (Å²) >= 11 is 0. The SMILES string of the molecule is O=C(Nc1ncn[nH]1)C(=O)N1CCN(C(c2ccccc2)c2ccccc2)CC1. The van der Waals surface area contributed by atoms with E-state index in [9.17, 15) is 9.59 Å². The minimum absolute atomic E-state index is 0.109. The Bertz CT molecular complexity index is 898. The van der Waals surface area contributed by atoms with Gasteiger partial charge in [-0.15, -0.1) is 0 Å². The first-order valence-electron chi connectivity index (χ1n) is 9.52. The van der Waals surface area contributed by atoms with E-state index in [1.165, 1.54) is 17.5 Å². The van der Waals surface area contributed by atoms with Gasteiger partial charge in [0.05, 0.1) is 6.04 Å². The third-order valence-corrected chi connectivity index (χ3v) is 5.04. The topological polar surface area (TPSA) is 94.2 Å². The first-order chi connectivity index (χ1) is 14.2. The first kappa shape index (κ1) is 18.8. The highest BCUT2D eigenvalue weighted by atomic mass is 16.2. The summed E-state index contributed by atoms with van der Waals surface area (Å²) in [5, 5.41) is 8.60. The van der Waals surface area contributed by atoms with Gasteiger partial charge in [0.2, 0.25) is 5.95 Å². The van der Waals surface area contributed by atoms with E-state index in [0.29, 0.717) is 26.2 Å². The molecule has 0 atom stereocenters. The Hall–Kier alpha value is -3.52. The third-order valence-electron chi connectivity index (χ3n) is 5.04. The Morgan fingerprint density at radius 2 is 1.48 bits per heavy atom. The number of aromatic nitrogens is 3. The molecule has 1 saturated heterocycles. The number of carbonyl (C=O) groups excluding carboxylic acids is 2. The Labute approximate surface area is 168 Å². The zero-order chi connectivity index (χ0) is 20.1. The Kier molecular flexibility index (Phi) is 5.62. The van der Waals surface area contributed by atoms with Crippen LogP contribution in [-0.4, -0.2) is 63.0 Å². The molecule has 8 nitrogen and oxygen atoms in total. The number of benzene rings is 2. The van der Waals surface area contributed by atoms with Gasteiger partial charge in [-0.1, -0.05) is 60.7 Å². The van der Waals surface area contributed by atoms with Crippen LogP contribution in [0.1, 0.15) is 17.2 Å². The Morgan fingerprint density at radius 1 is 0.897 bits per heavy atom.